The Labute approximate surface area is 173 Å². The van der Waals surface area contributed by atoms with Crippen molar-refractivity contribution in [1.82, 2.24) is 0 Å². The van der Waals surface area contributed by atoms with Gasteiger partial charge in [0.05, 0.1) is 20.9 Å². The molecule has 0 aliphatic carbocycles. The highest BCUT2D eigenvalue weighted by Crippen LogP contribution is 2.34. The van der Waals surface area contributed by atoms with Gasteiger partial charge in [0.25, 0.3) is 11.6 Å². The Hall–Kier alpha value is -3.48. The summed E-state index contributed by atoms with van der Waals surface area (Å²) in [5.41, 5.74) is -2.53. The zero-order chi connectivity index (χ0) is 23.6. The SMILES string of the molecule is Cc1ccc(S(C)(=O)=O)cc1C(=O)OCC(=O)Nc1ccc(C(F)(F)F)cc1[N+](=O)[O-]. The molecule has 0 fully saturated rings. The molecule has 9 nitrogen and oxygen atoms in total. The number of halogens is 3. The molecule has 0 saturated carbocycles. The number of hydrogen-bond acceptors (Lipinski definition) is 7. The first kappa shape index (κ1) is 23.8. The molecule has 0 aliphatic heterocycles. The number of nitrogens with zero attached hydrogens (tertiary/aromatic N) is 1. The molecule has 13 heteroatoms. The van der Waals surface area contributed by atoms with Crippen molar-refractivity contribution in [2.45, 2.75) is 18.0 Å². The number of benzene rings is 2. The Morgan fingerprint density at radius 3 is 2.35 bits per heavy atom. The molecule has 0 heterocycles. The third-order valence-electron chi connectivity index (χ3n) is 3.99. The number of nitro groups is 1. The number of anilines is 1. The molecular formula is C18H15F3N2O7S. The molecule has 0 radical (unpaired) electrons. The van der Waals surface area contributed by atoms with E-state index >= 15 is 0 Å². The molecule has 2 aromatic carbocycles. The van der Waals surface area contributed by atoms with E-state index in [1.165, 1.54) is 19.1 Å². The average molecular weight is 460 g/mol. The second-order valence-corrected chi connectivity index (χ2v) is 8.38. The van der Waals surface area contributed by atoms with Gasteiger partial charge in [-0.15, -0.1) is 0 Å². The number of hydrogen-bond donors (Lipinski definition) is 1. The lowest BCUT2D eigenvalue weighted by Crippen LogP contribution is -2.22. The van der Waals surface area contributed by atoms with Crippen LogP contribution in [0.15, 0.2) is 41.3 Å². The standard InChI is InChI=1S/C18H15F3N2O7S/c1-10-3-5-12(31(2,28)29)8-13(10)17(25)30-9-16(24)22-14-6-4-11(18(19,20)21)7-15(14)23(26)27/h3-8H,9H2,1-2H3,(H,22,24). The van der Waals surface area contributed by atoms with E-state index in [9.17, 15) is 41.3 Å². The Bertz CT molecular complexity index is 1160. The normalized spacial score (nSPS) is 11.6. The van der Waals surface area contributed by atoms with Crippen molar-refractivity contribution < 1.29 is 40.8 Å². The van der Waals surface area contributed by atoms with E-state index in [0.717, 1.165) is 12.3 Å². The van der Waals surface area contributed by atoms with Crippen molar-refractivity contribution in [3.63, 3.8) is 0 Å². The smallest absolute Gasteiger partial charge is 0.416 e. The van der Waals surface area contributed by atoms with Gasteiger partial charge in [0, 0.05) is 12.3 Å². The van der Waals surface area contributed by atoms with Gasteiger partial charge < -0.3 is 10.1 Å². The lowest BCUT2D eigenvalue weighted by atomic mass is 10.1. The van der Waals surface area contributed by atoms with Crippen LogP contribution in [0.4, 0.5) is 24.5 Å². The number of carbonyl (C=O) groups excluding carboxylic acids is 2. The van der Waals surface area contributed by atoms with Crippen LogP contribution < -0.4 is 5.32 Å². The monoisotopic (exact) mass is 460 g/mol. The zero-order valence-corrected chi connectivity index (χ0v) is 16.8. The zero-order valence-electron chi connectivity index (χ0n) is 16.0. The van der Waals surface area contributed by atoms with Crippen LogP contribution in [-0.4, -0.2) is 38.1 Å². The fourth-order valence-corrected chi connectivity index (χ4v) is 3.06. The first-order valence-corrected chi connectivity index (χ1v) is 10.2. The average Bonchev–Trinajstić information content (AvgIpc) is 2.64. The maximum absolute atomic E-state index is 12.7. The highest BCUT2D eigenvalue weighted by Gasteiger charge is 2.33. The van der Waals surface area contributed by atoms with E-state index in [4.69, 9.17) is 4.74 Å². The largest absolute Gasteiger partial charge is 0.452 e. The molecule has 0 bridgehead atoms. The maximum atomic E-state index is 12.7. The molecule has 0 aromatic heterocycles. The molecule has 2 aromatic rings. The van der Waals surface area contributed by atoms with Crippen molar-refractivity contribution >= 4 is 33.1 Å². The van der Waals surface area contributed by atoms with Crippen molar-refractivity contribution in [3.05, 3.63) is 63.2 Å². The van der Waals surface area contributed by atoms with Crippen molar-refractivity contribution in [2.24, 2.45) is 0 Å². The molecule has 0 atom stereocenters. The van der Waals surface area contributed by atoms with Crippen molar-refractivity contribution in [1.29, 1.82) is 0 Å². The Balaban J connectivity index is 2.14. The maximum Gasteiger partial charge on any atom is 0.416 e. The van der Waals surface area contributed by atoms with Crippen LogP contribution in [0.25, 0.3) is 0 Å². The van der Waals surface area contributed by atoms with Gasteiger partial charge in [-0.25, -0.2) is 13.2 Å². The molecule has 0 aliphatic rings. The number of nitro benzene ring substituents is 1. The number of alkyl halides is 3. The molecule has 31 heavy (non-hydrogen) atoms. The van der Waals surface area contributed by atoms with Crippen LogP contribution in [0.2, 0.25) is 0 Å². The molecule has 0 saturated heterocycles. The number of sulfone groups is 1. The van der Waals surface area contributed by atoms with Crippen molar-refractivity contribution in [3.8, 4) is 0 Å². The molecule has 166 valence electrons. The number of carbonyl (C=O) groups is 2. The predicted octanol–water partition coefficient (Wildman–Crippen LogP) is 3.12. The van der Waals surface area contributed by atoms with Crippen molar-refractivity contribution in [2.75, 3.05) is 18.2 Å². The first-order valence-electron chi connectivity index (χ1n) is 8.33. The fourth-order valence-electron chi connectivity index (χ4n) is 2.41. The van der Waals surface area contributed by atoms with Gasteiger partial charge in [-0.2, -0.15) is 13.2 Å². The highest BCUT2D eigenvalue weighted by molar-refractivity contribution is 7.90. The summed E-state index contributed by atoms with van der Waals surface area (Å²) >= 11 is 0. The Morgan fingerprint density at radius 2 is 1.81 bits per heavy atom. The first-order chi connectivity index (χ1) is 14.2. The summed E-state index contributed by atoms with van der Waals surface area (Å²) in [6.07, 6.45) is -3.88. The van der Waals surface area contributed by atoms with Crippen LogP contribution in [0, 0.1) is 17.0 Å². The van der Waals surface area contributed by atoms with E-state index in [0.29, 0.717) is 17.7 Å². The topological polar surface area (TPSA) is 133 Å². The summed E-state index contributed by atoms with van der Waals surface area (Å²) in [6, 6.07) is 5.26. The van der Waals surface area contributed by atoms with E-state index in [1.807, 2.05) is 5.32 Å². The second-order valence-electron chi connectivity index (χ2n) is 6.36. The molecule has 0 unspecified atom stereocenters. The predicted molar refractivity (Wildman–Crippen MR) is 101 cm³/mol. The van der Waals surface area contributed by atoms with Gasteiger partial charge >= 0.3 is 12.1 Å². The van der Waals surface area contributed by atoms with E-state index in [2.05, 4.69) is 0 Å². The molecule has 0 spiro atoms. The van der Waals surface area contributed by atoms with Gasteiger partial charge in [-0.1, -0.05) is 6.07 Å². The van der Waals surface area contributed by atoms with Gasteiger partial charge in [0.15, 0.2) is 16.4 Å². The van der Waals surface area contributed by atoms with Gasteiger partial charge in [0.1, 0.15) is 5.69 Å². The molecule has 1 N–H and O–H groups in total. The van der Waals surface area contributed by atoms with Crippen LogP contribution in [-0.2, 0) is 25.5 Å². The van der Waals surface area contributed by atoms with E-state index in [-0.39, 0.29) is 16.5 Å². The number of esters is 1. The minimum atomic E-state index is -4.82. The highest BCUT2D eigenvalue weighted by atomic mass is 32.2. The summed E-state index contributed by atoms with van der Waals surface area (Å²) in [5.74, 6) is -2.08. The van der Waals surface area contributed by atoms with Crippen LogP contribution in [0.3, 0.4) is 0 Å². The molecule has 2 rings (SSSR count). The third-order valence-corrected chi connectivity index (χ3v) is 5.10. The van der Waals surface area contributed by atoms with Gasteiger partial charge in [-0.3, -0.25) is 14.9 Å². The quantitative estimate of drug-likeness (QED) is 0.398. The summed E-state index contributed by atoms with van der Waals surface area (Å²) in [4.78, 5) is 34.0. The second kappa shape index (κ2) is 8.71. The van der Waals surface area contributed by atoms with Gasteiger partial charge in [0.2, 0.25) is 0 Å². The number of rotatable bonds is 6. The van der Waals surface area contributed by atoms with Gasteiger partial charge in [-0.05, 0) is 36.8 Å². The van der Waals surface area contributed by atoms with Crippen LogP contribution >= 0.6 is 0 Å². The number of amides is 1. The Morgan fingerprint density at radius 1 is 1.16 bits per heavy atom. The Kier molecular flexibility index (Phi) is 6.69. The summed E-state index contributed by atoms with van der Waals surface area (Å²) in [6.45, 7) is 0.591. The number of nitrogens with one attached hydrogen (secondary N) is 1. The lowest BCUT2D eigenvalue weighted by molar-refractivity contribution is -0.384. The fraction of sp³-hybridized carbons (Fsp3) is 0.222. The van der Waals surface area contributed by atoms with Crippen LogP contribution in [0.1, 0.15) is 21.5 Å². The van der Waals surface area contributed by atoms with Crippen LogP contribution in [0.5, 0.6) is 0 Å². The van der Waals surface area contributed by atoms with E-state index in [1.54, 1.807) is 0 Å². The summed E-state index contributed by atoms with van der Waals surface area (Å²) < 4.78 is 66.2. The summed E-state index contributed by atoms with van der Waals surface area (Å²) in [7, 11) is -3.61. The minimum absolute atomic E-state index is 0.115. The number of aryl methyl sites for hydroxylation is 1. The molecule has 1 amide bonds. The summed E-state index contributed by atoms with van der Waals surface area (Å²) in [5, 5.41) is 13.0. The third kappa shape index (κ3) is 6.01. The number of ether oxygens (including phenoxy) is 1. The van der Waals surface area contributed by atoms with E-state index < -0.39 is 56.4 Å². The molecular weight excluding hydrogens is 445 g/mol. The minimum Gasteiger partial charge on any atom is -0.452 e. The lowest BCUT2D eigenvalue weighted by Gasteiger charge is -2.11.